The molecule has 0 radical (unpaired) electrons. The first-order valence-corrected chi connectivity index (χ1v) is 7.38. The monoisotopic (exact) mass is 278 g/mol. The van der Waals surface area contributed by atoms with Crippen molar-refractivity contribution < 1.29 is 5.11 Å². The Bertz CT molecular complexity index is 462. The minimum absolute atomic E-state index is 0.284. The van der Waals surface area contributed by atoms with Crippen molar-refractivity contribution in [2.75, 3.05) is 48.3 Å². The van der Waals surface area contributed by atoms with E-state index in [9.17, 15) is 5.11 Å². The summed E-state index contributed by atoms with van der Waals surface area (Å²) in [5.74, 6) is 2.01. The minimum atomic E-state index is -0.284. The van der Waals surface area contributed by atoms with Gasteiger partial charge < -0.3 is 20.2 Å². The van der Waals surface area contributed by atoms with Crippen LogP contribution in [0.3, 0.4) is 0 Å². The molecule has 3 heterocycles. The molecule has 3 rings (SSSR count). The van der Waals surface area contributed by atoms with E-state index in [0.717, 1.165) is 38.4 Å². The number of β-amino-alcohol motifs (C(OH)–C–C–N with tert-alkyl or cyclic N) is 1. The molecule has 2 aliphatic heterocycles. The predicted octanol–water partition coefficient (Wildman–Crippen LogP) is 0.475. The molecule has 2 aliphatic rings. The van der Waals surface area contributed by atoms with Gasteiger partial charge in [0.2, 0.25) is 17.8 Å². The molecule has 7 heteroatoms. The van der Waals surface area contributed by atoms with Gasteiger partial charge in [-0.2, -0.15) is 15.0 Å². The molecule has 2 fully saturated rings. The molecule has 110 valence electrons. The van der Waals surface area contributed by atoms with Crippen molar-refractivity contribution in [2.24, 2.45) is 0 Å². The molecule has 0 aromatic carbocycles. The zero-order chi connectivity index (χ0) is 13.9. The summed E-state index contributed by atoms with van der Waals surface area (Å²) in [7, 11) is 1.82. The Morgan fingerprint density at radius 3 is 2.30 bits per heavy atom. The van der Waals surface area contributed by atoms with E-state index in [1.54, 1.807) is 0 Å². The second-order valence-corrected chi connectivity index (χ2v) is 5.45. The van der Waals surface area contributed by atoms with Crippen LogP contribution in [-0.2, 0) is 0 Å². The fourth-order valence-electron chi connectivity index (χ4n) is 2.80. The molecule has 7 nitrogen and oxygen atoms in total. The molecule has 1 aromatic heterocycles. The van der Waals surface area contributed by atoms with Gasteiger partial charge in [0.05, 0.1) is 6.10 Å². The molecule has 0 saturated carbocycles. The SMILES string of the molecule is CNc1nc(N2CCCC2)nc(N2CCCC(O)C2)n1. The molecule has 1 unspecified atom stereocenters. The first-order chi connectivity index (χ1) is 9.76. The highest BCUT2D eigenvalue weighted by molar-refractivity contribution is 5.45. The van der Waals surface area contributed by atoms with Crippen LogP contribution in [0.1, 0.15) is 25.7 Å². The summed E-state index contributed by atoms with van der Waals surface area (Å²) in [6, 6.07) is 0. The van der Waals surface area contributed by atoms with Gasteiger partial charge in [-0.1, -0.05) is 0 Å². The first kappa shape index (κ1) is 13.4. The van der Waals surface area contributed by atoms with Crippen LogP contribution in [0.25, 0.3) is 0 Å². The third kappa shape index (κ3) is 2.77. The molecule has 2 N–H and O–H groups in total. The number of nitrogens with one attached hydrogen (secondary N) is 1. The van der Waals surface area contributed by atoms with Crippen molar-refractivity contribution in [1.29, 1.82) is 0 Å². The van der Waals surface area contributed by atoms with E-state index in [4.69, 9.17) is 0 Å². The molecule has 0 spiro atoms. The van der Waals surface area contributed by atoms with Crippen molar-refractivity contribution in [1.82, 2.24) is 15.0 Å². The van der Waals surface area contributed by atoms with Crippen LogP contribution >= 0.6 is 0 Å². The fourth-order valence-corrected chi connectivity index (χ4v) is 2.80. The molecule has 0 aliphatic carbocycles. The number of piperidine rings is 1. The maximum absolute atomic E-state index is 9.81. The van der Waals surface area contributed by atoms with Crippen LogP contribution in [0.2, 0.25) is 0 Å². The quantitative estimate of drug-likeness (QED) is 0.832. The lowest BCUT2D eigenvalue weighted by molar-refractivity contribution is 0.153. The molecule has 0 amide bonds. The molecular formula is C13H22N6O. The second-order valence-electron chi connectivity index (χ2n) is 5.45. The van der Waals surface area contributed by atoms with Crippen molar-refractivity contribution in [3.05, 3.63) is 0 Å². The zero-order valence-corrected chi connectivity index (χ0v) is 11.9. The van der Waals surface area contributed by atoms with E-state index in [-0.39, 0.29) is 6.10 Å². The highest BCUT2D eigenvalue weighted by atomic mass is 16.3. The largest absolute Gasteiger partial charge is 0.391 e. The number of aromatic nitrogens is 3. The van der Waals surface area contributed by atoms with E-state index in [0.29, 0.717) is 18.4 Å². The Labute approximate surface area is 119 Å². The summed E-state index contributed by atoms with van der Waals surface area (Å²) in [6.45, 7) is 3.51. The number of rotatable bonds is 3. The van der Waals surface area contributed by atoms with Crippen LogP contribution in [0.4, 0.5) is 17.8 Å². The van der Waals surface area contributed by atoms with E-state index in [2.05, 4.69) is 30.1 Å². The fraction of sp³-hybridized carbons (Fsp3) is 0.769. The highest BCUT2D eigenvalue weighted by Crippen LogP contribution is 2.22. The van der Waals surface area contributed by atoms with Gasteiger partial charge in [0.25, 0.3) is 0 Å². The van der Waals surface area contributed by atoms with E-state index >= 15 is 0 Å². The molecule has 2 saturated heterocycles. The molecule has 20 heavy (non-hydrogen) atoms. The molecular weight excluding hydrogens is 256 g/mol. The topological polar surface area (TPSA) is 77.4 Å². The summed E-state index contributed by atoms with van der Waals surface area (Å²) >= 11 is 0. The van der Waals surface area contributed by atoms with Gasteiger partial charge in [-0.15, -0.1) is 0 Å². The first-order valence-electron chi connectivity index (χ1n) is 7.38. The van der Waals surface area contributed by atoms with Gasteiger partial charge in [0, 0.05) is 33.2 Å². The highest BCUT2D eigenvalue weighted by Gasteiger charge is 2.23. The smallest absolute Gasteiger partial charge is 0.232 e. The Morgan fingerprint density at radius 2 is 1.65 bits per heavy atom. The van der Waals surface area contributed by atoms with Crippen molar-refractivity contribution in [2.45, 2.75) is 31.8 Å². The minimum Gasteiger partial charge on any atom is -0.391 e. The van der Waals surface area contributed by atoms with E-state index in [1.165, 1.54) is 12.8 Å². The van der Waals surface area contributed by atoms with Crippen LogP contribution < -0.4 is 15.1 Å². The molecule has 1 aromatic rings. The normalized spacial score (nSPS) is 23.2. The Morgan fingerprint density at radius 1 is 1.00 bits per heavy atom. The van der Waals surface area contributed by atoms with Gasteiger partial charge in [-0.05, 0) is 25.7 Å². The zero-order valence-electron chi connectivity index (χ0n) is 11.9. The maximum Gasteiger partial charge on any atom is 0.232 e. The lowest BCUT2D eigenvalue weighted by Gasteiger charge is -2.30. The van der Waals surface area contributed by atoms with Gasteiger partial charge >= 0.3 is 0 Å². The van der Waals surface area contributed by atoms with Gasteiger partial charge in [-0.25, -0.2) is 0 Å². The summed E-state index contributed by atoms with van der Waals surface area (Å²) in [5.41, 5.74) is 0. The third-order valence-corrected chi connectivity index (χ3v) is 3.90. The number of aliphatic hydroxyl groups is 1. The predicted molar refractivity (Wildman–Crippen MR) is 78.3 cm³/mol. The Kier molecular flexibility index (Phi) is 3.86. The number of aliphatic hydroxyl groups excluding tert-OH is 1. The van der Waals surface area contributed by atoms with Crippen molar-refractivity contribution >= 4 is 17.8 Å². The Balaban J connectivity index is 1.87. The lowest BCUT2D eigenvalue weighted by Crippen LogP contribution is -2.39. The number of anilines is 3. The van der Waals surface area contributed by atoms with E-state index < -0.39 is 0 Å². The summed E-state index contributed by atoms with van der Waals surface area (Å²) in [6.07, 6.45) is 3.94. The van der Waals surface area contributed by atoms with Gasteiger partial charge in [0.15, 0.2) is 0 Å². The van der Waals surface area contributed by atoms with Crippen molar-refractivity contribution in [3.8, 4) is 0 Å². The summed E-state index contributed by atoms with van der Waals surface area (Å²) < 4.78 is 0. The summed E-state index contributed by atoms with van der Waals surface area (Å²) in [4.78, 5) is 17.7. The van der Waals surface area contributed by atoms with Gasteiger partial charge in [0.1, 0.15) is 0 Å². The third-order valence-electron chi connectivity index (χ3n) is 3.90. The second kappa shape index (κ2) is 5.78. The van der Waals surface area contributed by atoms with Crippen LogP contribution in [0.15, 0.2) is 0 Å². The lowest BCUT2D eigenvalue weighted by atomic mass is 10.1. The standard InChI is InChI=1S/C13H22N6O/c1-14-11-15-12(18-6-2-3-7-18)17-13(16-11)19-8-4-5-10(20)9-19/h10,20H,2-9H2,1H3,(H,14,15,16,17). The summed E-state index contributed by atoms with van der Waals surface area (Å²) in [5, 5.41) is 12.8. The van der Waals surface area contributed by atoms with Crippen molar-refractivity contribution in [3.63, 3.8) is 0 Å². The number of nitrogens with zero attached hydrogens (tertiary/aromatic N) is 5. The van der Waals surface area contributed by atoms with E-state index in [1.807, 2.05) is 7.05 Å². The Hall–Kier alpha value is -1.63. The maximum atomic E-state index is 9.81. The molecule has 1 atom stereocenters. The molecule has 0 bridgehead atoms. The average Bonchev–Trinajstić information content (AvgIpc) is 3.01. The van der Waals surface area contributed by atoms with Crippen LogP contribution in [0, 0.1) is 0 Å². The van der Waals surface area contributed by atoms with Crippen LogP contribution in [0.5, 0.6) is 0 Å². The number of hydrogen-bond donors (Lipinski definition) is 2. The van der Waals surface area contributed by atoms with Gasteiger partial charge in [-0.3, -0.25) is 0 Å². The van der Waals surface area contributed by atoms with Crippen LogP contribution in [-0.4, -0.2) is 59.4 Å². The number of hydrogen-bond acceptors (Lipinski definition) is 7. The average molecular weight is 278 g/mol.